The Hall–Kier alpha value is -3.26. The number of hydrogen-bond acceptors (Lipinski definition) is 7. The van der Waals surface area contributed by atoms with Gasteiger partial charge in [0.1, 0.15) is 17.0 Å². The van der Waals surface area contributed by atoms with Crippen molar-refractivity contribution >= 4 is 32.6 Å². The monoisotopic (exact) mass is 394 g/mol. The normalized spacial score (nSPS) is 11.0. The lowest BCUT2D eigenvalue weighted by atomic mass is 10.2. The first kappa shape index (κ1) is 18.1. The number of methoxy groups -OCH3 is 1. The molecule has 0 saturated heterocycles. The van der Waals surface area contributed by atoms with Crippen molar-refractivity contribution in [3.63, 3.8) is 0 Å². The van der Waals surface area contributed by atoms with Crippen LogP contribution in [0.15, 0.2) is 47.2 Å². The lowest BCUT2D eigenvalue weighted by Gasteiger charge is -2.18. The van der Waals surface area contributed by atoms with Crippen LogP contribution in [0.3, 0.4) is 0 Å². The number of aryl methyl sites for hydroxylation is 2. The molecule has 0 radical (unpaired) electrons. The molecule has 1 amide bonds. The van der Waals surface area contributed by atoms with Gasteiger partial charge >= 0.3 is 0 Å². The van der Waals surface area contributed by atoms with Gasteiger partial charge in [0.05, 0.1) is 18.4 Å². The Morgan fingerprint density at radius 3 is 2.82 bits per heavy atom. The number of benzene rings is 1. The van der Waals surface area contributed by atoms with E-state index in [4.69, 9.17) is 14.2 Å². The van der Waals surface area contributed by atoms with Gasteiger partial charge in [-0.15, -0.1) is 0 Å². The van der Waals surface area contributed by atoms with Crippen molar-refractivity contribution in [2.45, 2.75) is 20.4 Å². The van der Waals surface area contributed by atoms with Gasteiger partial charge in [-0.3, -0.25) is 14.7 Å². The number of fused-ring (bicyclic) bond motifs is 1. The van der Waals surface area contributed by atoms with Crippen LogP contribution < -0.4 is 9.64 Å². The average molecular weight is 394 g/mol. The van der Waals surface area contributed by atoms with Gasteiger partial charge in [-0.25, -0.2) is 4.98 Å². The molecule has 4 rings (SSSR count). The minimum absolute atomic E-state index is 0.240. The summed E-state index contributed by atoms with van der Waals surface area (Å²) < 4.78 is 11.5. The standard InChI is InChI=1S/C20H18N4O3S/c1-12-6-7-16(26-3)17-18(12)28-20(22-17)24(11-14-5-4-8-21-10-14)19(25)15-9-13(2)27-23-15/h4-10H,11H2,1-3H3. The molecule has 0 saturated carbocycles. The van der Waals surface area contributed by atoms with E-state index in [0.29, 0.717) is 23.2 Å². The third-order valence-corrected chi connectivity index (χ3v) is 5.51. The largest absolute Gasteiger partial charge is 0.494 e. The predicted octanol–water partition coefficient (Wildman–Crippen LogP) is 4.15. The summed E-state index contributed by atoms with van der Waals surface area (Å²) in [5.74, 6) is 0.969. The van der Waals surface area contributed by atoms with Crippen LogP contribution in [0.4, 0.5) is 5.13 Å². The number of hydrogen-bond donors (Lipinski definition) is 0. The molecule has 28 heavy (non-hydrogen) atoms. The molecule has 0 atom stereocenters. The fourth-order valence-corrected chi connectivity index (χ4v) is 3.93. The first-order chi connectivity index (χ1) is 13.6. The Labute approximate surface area is 165 Å². The highest BCUT2D eigenvalue weighted by atomic mass is 32.1. The zero-order chi connectivity index (χ0) is 19.7. The highest BCUT2D eigenvalue weighted by molar-refractivity contribution is 7.22. The molecule has 0 aliphatic heterocycles. The van der Waals surface area contributed by atoms with Crippen LogP contribution in [0.2, 0.25) is 0 Å². The van der Waals surface area contributed by atoms with E-state index in [2.05, 4.69) is 10.1 Å². The fraction of sp³-hybridized carbons (Fsp3) is 0.200. The van der Waals surface area contributed by atoms with Crippen molar-refractivity contribution in [2.24, 2.45) is 0 Å². The lowest BCUT2D eigenvalue weighted by molar-refractivity contribution is 0.0976. The second-order valence-electron chi connectivity index (χ2n) is 6.33. The van der Waals surface area contributed by atoms with E-state index in [-0.39, 0.29) is 11.6 Å². The second-order valence-corrected chi connectivity index (χ2v) is 7.31. The van der Waals surface area contributed by atoms with E-state index >= 15 is 0 Å². The van der Waals surface area contributed by atoms with E-state index in [9.17, 15) is 4.79 Å². The van der Waals surface area contributed by atoms with Crippen LogP contribution in [0, 0.1) is 13.8 Å². The first-order valence-electron chi connectivity index (χ1n) is 8.65. The number of thiazole rings is 1. The average Bonchev–Trinajstić information content (AvgIpc) is 3.34. The molecule has 0 unspecified atom stereocenters. The molecule has 0 bridgehead atoms. The number of ether oxygens (including phenoxy) is 1. The van der Waals surface area contributed by atoms with Gasteiger partial charge in [0.2, 0.25) is 0 Å². The van der Waals surface area contributed by atoms with Crippen LogP contribution in [0.5, 0.6) is 5.75 Å². The minimum atomic E-state index is -0.281. The van der Waals surface area contributed by atoms with Gasteiger partial charge in [-0.1, -0.05) is 28.6 Å². The molecular weight excluding hydrogens is 376 g/mol. The molecule has 3 aromatic heterocycles. The number of amides is 1. The number of nitrogens with zero attached hydrogens (tertiary/aromatic N) is 4. The number of rotatable bonds is 5. The maximum absolute atomic E-state index is 13.2. The Kier molecular flexibility index (Phi) is 4.79. The number of carbonyl (C=O) groups is 1. The minimum Gasteiger partial charge on any atom is -0.494 e. The number of anilines is 1. The molecular formula is C20H18N4O3S. The lowest BCUT2D eigenvalue weighted by Crippen LogP contribution is -2.30. The van der Waals surface area contributed by atoms with Crippen LogP contribution in [-0.4, -0.2) is 28.1 Å². The Bertz CT molecular complexity index is 1140. The van der Waals surface area contributed by atoms with Gasteiger partial charge in [0.15, 0.2) is 10.8 Å². The van der Waals surface area contributed by atoms with E-state index in [1.807, 2.05) is 31.2 Å². The van der Waals surface area contributed by atoms with Crippen molar-refractivity contribution in [1.29, 1.82) is 0 Å². The quantitative estimate of drug-likeness (QED) is 0.506. The van der Waals surface area contributed by atoms with Crippen molar-refractivity contribution in [2.75, 3.05) is 12.0 Å². The third-order valence-electron chi connectivity index (χ3n) is 4.30. The Morgan fingerprint density at radius 1 is 1.29 bits per heavy atom. The molecule has 8 heteroatoms. The van der Waals surface area contributed by atoms with Gasteiger partial charge in [-0.05, 0) is 37.1 Å². The molecule has 4 aromatic rings. The van der Waals surface area contributed by atoms with Crippen LogP contribution in [-0.2, 0) is 6.54 Å². The Morgan fingerprint density at radius 2 is 2.14 bits per heavy atom. The molecule has 0 fully saturated rings. The SMILES string of the molecule is COc1ccc(C)c2sc(N(Cc3cccnc3)C(=O)c3cc(C)on3)nc12. The van der Waals surface area contributed by atoms with Crippen molar-refractivity contribution in [3.8, 4) is 5.75 Å². The summed E-state index contributed by atoms with van der Waals surface area (Å²) in [5, 5.41) is 4.45. The highest BCUT2D eigenvalue weighted by Crippen LogP contribution is 2.37. The molecule has 142 valence electrons. The van der Waals surface area contributed by atoms with Crippen molar-refractivity contribution < 1.29 is 14.1 Å². The number of pyridine rings is 1. The smallest absolute Gasteiger partial charge is 0.282 e. The summed E-state index contributed by atoms with van der Waals surface area (Å²) in [6.45, 7) is 4.08. The molecule has 0 aliphatic rings. The number of carbonyl (C=O) groups excluding carboxylic acids is 1. The van der Waals surface area contributed by atoms with Crippen molar-refractivity contribution in [3.05, 3.63) is 65.3 Å². The summed E-state index contributed by atoms with van der Waals surface area (Å²) in [6, 6.07) is 9.24. The summed E-state index contributed by atoms with van der Waals surface area (Å²) in [5.41, 5.74) is 2.94. The summed E-state index contributed by atoms with van der Waals surface area (Å²) >= 11 is 1.45. The summed E-state index contributed by atoms with van der Waals surface area (Å²) in [6.07, 6.45) is 3.43. The van der Waals surface area contributed by atoms with Gasteiger partial charge in [0.25, 0.3) is 5.91 Å². The first-order valence-corrected chi connectivity index (χ1v) is 9.46. The zero-order valence-corrected chi connectivity index (χ0v) is 16.5. The highest BCUT2D eigenvalue weighted by Gasteiger charge is 2.25. The summed E-state index contributed by atoms with van der Waals surface area (Å²) in [4.78, 5) is 23.6. The van der Waals surface area contributed by atoms with Crippen LogP contribution >= 0.6 is 11.3 Å². The molecule has 0 spiro atoms. The van der Waals surface area contributed by atoms with Gasteiger partial charge < -0.3 is 9.26 Å². The summed E-state index contributed by atoms with van der Waals surface area (Å²) in [7, 11) is 1.61. The van der Waals surface area contributed by atoms with Crippen LogP contribution in [0.25, 0.3) is 10.2 Å². The maximum Gasteiger partial charge on any atom is 0.282 e. The molecule has 3 heterocycles. The van der Waals surface area contributed by atoms with E-state index in [1.165, 1.54) is 11.3 Å². The number of aromatic nitrogens is 3. The van der Waals surface area contributed by atoms with E-state index < -0.39 is 0 Å². The van der Waals surface area contributed by atoms with Crippen molar-refractivity contribution in [1.82, 2.24) is 15.1 Å². The van der Waals surface area contributed by atoms with E-state index in [0.717, 1.165) is 21.3 Å². The topological polar surface area (TPSA) is 81.4 Å². The molecule has 7 nitrogen and oxygen atoms in total. The second kappa shape index (κ2) is 7.40. The third kappa shape index (κ3) is 3.34. The fourth-order valence-electron chi connectivity index (χ4n) is 2.88. The predicted molar refractivity (Wildman–Crippen MR) is 107 cm³/mol. The van der Waals surface area contributed by atoms with E-state index in [1.54, 1.807) is 37.4 Å². The van der Waals surface area contributed by atoms with Gasteiger partial charge in [0, 0.05) is 18.5 Å². The Balaban J connectivity index is 1.82. The zero-order valence-electron chi connectivity index (χ0n) is 15.7. The molecule has 1 aromatic carbocycles. The van der Waals surface area contributed by atoms with Crippen LogP contribution in [0.1, 0.15) is 27.4 Å². The van der Waals surface area contributed by atoms with Gasteiger partial charge in [-0.2, -0.15) is 0 Å². The maximum atomic E-state index is 13.2. The molecule has 0 aliphatic carbocycles. The molecule has 0 N–H and O–H groups in total.